The normalized spacial score (nSPS) is 18.0. The van der Waals surface area contributed by atoms with Gasteiger partial charge in [-0.3, -0.25) is 14.4 Å². The van der Waals surface area contributed by atoms with E-state index in [0.29, 0.717) is 24.0 Å². The van der Waals surface area contributed by atoms with Crippen molar-refractivity contribution in [2.45, 2.75) is 37.5 Å². The number of benzene rings is 2. The number of amides is 3. The number of fused-ring (bicyclic) bond motifs is 1. The molecule has 1 aliphatic heterocycles. The highest BCUT2D eigenvalue weighted by atomic mass is 32.2. The zero-order valence-electron chi connectivity index (χ0n) is 15.8. The third-order valence-electron chi connectivity index (χ3n) is 5.68. The van der Waals surface area contributed by atoms with Crippen LogP contribution in [0, 0.1) is 5.41 Å². The highest BCUT2D eigenvalue weighted by Crippen LogP contribution is 2.38. The van der Waals surface area contributed by atoms with Crippen molar-refractivity contribution in [2.24, 2.45) is 5.41 Å². The van der Waals surface area contributed by atoms with Crippen LogP contribution in [-0.4, -0.2) is 26.1 Å². The lowest BCUT2D eigenvalue weighted by Gasteiger charge is -2.22. The minimum absolute atomic E-state index is 0.104. The predicted octanol–water partition coefficient (Wildman–Crippen LogP) is 2.87. The Morgan fingerprint density at radius 1 is 0.931 bits per heavy atom. The van der Waals surface area contributed by atoms with Gasteiger partial charge < -0.3 is 0 Å². The van der Waals surface area contributed by atoms with E-state index in [1.54, 1.807) is 31.2 Å². The zero-order chi connectivity index (χ0) is 20.8. The van der Waals surface area contributed by atoms with E-state index in [1.807, 2.05) is 0 Å². The van der Waals surface area contributed by atoms with Crippen LogP contribution in [0.25, 0.3) is 0 Å². The molecule has 0 aromatic heterocycles. The van der Waals surface area contributed by atoms with Crippen LogP contribution in [-0.2, 0) is 14.8 Å². The van der Waals surface area contributed by atoms with Gasteiger partial charge in [-0.25, -0.2) is 18.0 Å². The van der Waals surface area contributed by atoms with Crippen molar-refractivity contribution >= 4 is 33.4 Å². The van der Waals surface area contributed by atoms with Gasteiger partial charge in [0.05, 0.1) is 21.7 Å². The molecule has 1 fully saturated rings. The van der Waals surface area contributed by atoms with Gasteiger partial charge in [0.1, 0.15) is 0 Å². The van der Waals surface area contributed by atoms with Crippen LogP contribution in [0.15, 0.2) is 53.4 Å². The molecule has 150 valence electrons. The van der Waals surface area contributed by atoms with Crippen molar-refractivity contribution in [1.29, 1.82) is 0 Å². The largest absolute Gasteiger partial charge is 0.273 e. The molecule has 0 atom stereocenters. The first-order valence-corrected chi connectivity index (χ1v) is 10.9. The molecule has 0 spiro atoms. The molecule has 2 aliphatic rings. The maximum absolute atomic E-state index is 12.6. The summed E-state index contributed by atoms with van der Waals surface area (Å²) in [6.45, 7) is 1.77. The summed E-state index contributed by atoms with van der Waals surface area (Å²) in [6.07, 6.45) is 3.12. The number of rotatable bonds is 4. The summed E-state index contributed by atoms with van der Waals surface area (Å²) in [7, 11) is -4.04. The summed E-state index contributed by atoms with van der Waals surface area (Å²) in [5, 5.41) is 0. The van der Waals surface area contributed by atoms with Crippen LogP contribution >= 0.6 is 0 Å². The number of anilines is 1. The van der Waals surface area contributed by atoms with Gasteiger partial charge in [0.25, 0.3) is 21.8 Å². The van der Waals surface area contributed by atoms with E-state index in [1.165, 1.54) is 24.3 Å². The minimum atomic E-state index is -4.04. The quantitative estimate of drug-likeness (QED) is 0.779. The van der Waals surface area contributed by atoms with Crippen LogP contribution in [0.1, 0.15) is 53.3 Å². The standard InChI is InChI=1S/C21H20N2O5S/c1-21(12-4-5-13-21)20(26)22-29(27,28)15-10-8-14(9-11-15)23-18(24)16-6-2-3-7-17(16)19(23)25/h2-3,6-11H,4-5,12-13H2,1H3,(H,22,26). The van der Waals surface area contributed by atoms with Gasteiger partial charge in [-0.05, 0) is 49.2 Å². The van der Waals surface area contributed by atoms with E-state index >= 15 is 0 Å². The van der Waals surface area contributed by atoms with E-state index in [2.05, 4.69) is 4.72 Å². The molecule has 8 heteroatoms. The lowest BCUT2D eigenvalue weighted by Crippen LogP contribution is -2.40. The maximum Gasteiger partial charge on any atom is 0.266 e. The lowest BCUT2D eigenvalue weighted by molar-refractivity contribution is -0.127. The van der Waals surface area contributed by atoms with Crippen LogP contribution in [0.5, 0.6) is 0 Å². The monoisotopic (exact) mass is 412 g/mol. The molecule has 1 aliphatic carbocycles. The highest BCUT2D eigenvalue weighted by Gasteiger charge is 2.39. The number of nitrogens with zero attached hydrogens (tertiary/aromatic N) is 1. The molecule has 2 aromatic rings. The third kappa shape index (κ3) is 3.23. The number of imide groups is 1. The smallest absolute Gasteiger partial charge is 0.266 e. The summed E-state index contributed by atoms with van der Waals surface area (Å²) in [5.74, 6) is -1.41. The van der Waals surface area contributed by atoms with Gasteiger partial charge in [0, 0.05) is 5.41 Å². The topological polar surface area (TPSA) is 101 Å². The van der Waals surface area contributed by atoms with Gasteiger partial charge >= 0.3 is 0 Å². The number of carbonyl (C=O) groups is 3. The van der Waals surface area contributed by atoms with Crippen LogP contribution in [0.2, 0.25) is 0 Å². The Morgan fingerprint density at radius 3 is 1.97 bits per heavy atom. The van der Waals surface area contributed by atoms with Gasteiger partial charge in [-0.15, -0.1) is 0 Å². The Kier molecular flexibility index (Phi) is 4.53. The molecule has 0 radical (unpaired) electrons. The number of hydrogen-bond donors (Lipinski definition) is 1. The van der Waals surface area contributed by atoms with Crippen LogP contribution in [0.4, 0.5) is 5.69 Å². The number of carbonyl (C=O) groups excluding carboxylic acids is 3. The summed E-state index contributed by atoms with van der Waals surface area (Å²) in [4.78, 5) is 38.5. The first-order valence-electron chi connectivity index (χ1n) is 9.38. The predicted molar refractivity (Wildman–Crippen MR) is 106 cm³/mol. The van der Waals surface area contributed by atoms with Crippen molar-refractivity contribution in [3.8, 4) is 0 Å². The molecule has 3 amide bonds. The molecule has 1 heterocycles. The summed E-state index contributed by atoms with van der Waals surface area (Å²) < 4.78 is 27.4. The van der Waals surface area contributed by atoms with Gasteiger partial charge in [0.15, 0.2) is 0 Å². The van der Waals surface area contributed by atoms with Crippen molar-refractivity contribution < 1.29 is 22.8 Å². The molecular weight excluding hydrogens is 392 g/mol. The van der Waals surface area contributed by atoms with Crippen molar-refractivity contribution in [2.75, 3.05) is 4.90 Å². The van der Waals surface area contributed by atoms with E-state index in [0.717, 1.165) is 17.7 Å². The maximum atomic E-state index is 12.6. The lowest BCUT2D eigenvalue weighted by atomic mass is 9.88. The number of sulfonamides is 1. The Bertz CT molecular complexity index is 1080. The summed E-state index contributed by atoms with van der Waals surface area (Å²) in [6, 6.07) is 11.8. The second kappa shape index (κ2) is 6.81. The molecule has 1 N–H and O–H groups in total. The van der Waals surface area contributed by atoms with E-state index in [9.17, 15) is 22.8 Å². The SMILES string of the molecule is CC1(C(=O)NS(=O)(=O)c2ccc(N3C(=O)c4ccccc4C3=O)cc2)CCCC1. The van der Waals surface area contributed by atoms with Crippen molar-refractivity contribution in [3.63, 3.8) is 0 Å². The molecule has 29 heavy (non-hydrogen) atoms. The van der Waals surface area contributed by atoms with E-state index in [-0.39, 0.29) is 10.6 Å². The van der Waals surface area contributed by atoms with E-state index < -0.39 is 33.2 Å². The molecule has 0 unspecified atom stereocenters. The molecule has 2 aromatic carbocycles. The fraction of sp³-hybridized carbons (Fsp3) is 0.286. The van der Waals surface area contributed by atoms with Gasteiger partial charge in [0.2, 0.25) is 5.91 Å². The van der Waals surface area contributed by atoms with Gasteiger partial charge in [-0.2, -0.15) is 0 Å². The van der Waals surface area contributed by atoms with Crippen molar-refractivity contribution in [1.82, 2.24) is 4.72 Å². The average molecular weight is 412 g/mol. The summed E-state index contributed by atoms with van der Waals surface area (Å²) in [5.41, 5.74) is 0.217. The van der Waals surface area contributed by atoms with Crippen molar-refractivity contribution in [3.05, 3.63) is 59.7 Å². The minimum Gasteiger partial charge on any atom is -0.273 e. The highest BCUT2D eigenvalue weighted by molar-refractivity contribution is 7.90. The second-order valence-corrected chi connectivity index (χ2v) is 9.37. The Balaban J connectivity index is 1.56. The van der Waals surface area contributed by atoms with E-state index in [4.69, 9.17) is 0 Å². The zero-order valence-corrected chi connectivity index (χ0v) is 16.7. The Labute approximate surface area is 168 Å². The first kappa shape index (κ1) is 19.3. The molecule has 0 saturated heterocycles. The molecule has 0 bridgehead atoms. The first-order chi connectivity index (χ1) is 13.7. The second-order valence-electron chi connectivity index (χ2n) is 7.69. The molecule has 4 rings (SSSR count). The third-order valence-corrected chi connectivity index (χ3v) is 7.03. The van der Waals surface area contributed by atoms with Crippen LogP contribution in [0.3, 0.4) is 0 Å². The van der Waals surface area contributed by atoms with Gasteiger partial charge in [-0.1, -0.05) is 31.9 Å². The number of nitrogens with one attached hydrogen (secondary N) is 1. The van der Waals surface area contributed by atoms with Crippen LogP contribution < -0.4 is 9.62 Å². The fourth-order valence-electron chi connectivity index (χ4n) is 3.88. The summed E-state index contributed by atoms with van der Waals surface area (Å²) >= 11 is 0. The average Bonchev–Trinajstić information content (AvgIpc) is 3.25. The Morgan fingerprint density at radius 2 is 1.45 bits per heavy atom. The molecule has 1 saturated carbocycles. The fourth-order valence-corrected chi connectivity index (χ4v) is 4.99. The molecule has 7 nitrogen and oxygen atoms in total. The number of hydrogen-bond acceptors (Lipinski definition) is 5. The Hall–Kier alpha value is -3.00. The molecular formula is C21H20N2O5S.